The van der Waals surface area contributed by atoms with Crippen molar-refractivity contribution in [1.29, 1.82) is 0 Å². The third kappa shape index (κ3) is 6.64. The number of hydrogen-bond donors (Lipinski definition) is 2. The maximum atomic E-state index is 13.2. The number of aryl methyl sites for hydroxylation is 1. The van der Waals surface area contributed by atoms with E-state index in [0.29, 0.717) is 13.1 Å². The summed E-state index contributed by atoms with van der Waals surface area (Å²) in [6.45, 7) is 3.53. The van der Waals surface area contributed by atoms with Crippen LogP contribution in [0.3, 0.4) is 0 Å². The van der Waals surface area contributed by atoms with Gasteiger partial charge in [0.2, 0.25) is 0 Å². The van der Waals surface area contributed by atoms with Crippen LogP contribution in [0.5, 0.6) is 0 Å². The van der Waals surface area contributed by atoms with Crippen LogP contribution in [-0.4, -0.2) is 53.5 Å². The van der Waals surface area contributed by atoms with Crippen molar-refractivity contribution < 1.29 is 27.6 Å². The van der Waals surface area contributed by atoms with Crippen LogP contribution >= 0.6 is 11.8 Å². The van der Waals surface area contributed by atoms with Crippen LogP contribution in [0, 0.1) is 6.92 Å². The van der Waals surface area contributed by atoms with Crippen molar-refractivity contribution in [2.45, 2.75) is 19.6 Å². The van der Waals surface area contributed by atoms with Gasteiger partial charge in [-0.25, -0.2) is 4.79 Å². The summed E-state index contributed by atoms with van der Waals surface area (Å²) in [5.41, 5.74) is 5.63. The monoisotopic (exact) mass is 480 g/mol. The Bertz CT molecular complexity index is 991. The normalized spacial score (nSPS) is 13.9. The number of nitrogens with zero attached hydrogens (tertiary/aromatic N) is 2. The van der Waals surface area contributed by atoms with E-state index >= 15 is 0 Å². The summed E-state index contributed by atoms with van der Waals surface area (Å²) >= 11 is 1.80. The second-order valence-corrected chi connectivity index (χ2v) is 8.63. The average molecular weight is 481 g/mol. The highest BCUT2D eigenvalue weighted by Gasteiger charge is 2.39. The molecule has 0 unspecified atom stereocenters. The smallest absolute Gasteiger partial charge is 0.323 e. The van der Waals surface area contributed by atoms with Gasteiger partial charge in [-0.1, -0.05) is 29.8 Å². The fourth-order valence-corrected chi connectivity index (χ4v) is 4.02. The molecule has 0 radical (unpaired) electrons. The fourth-order valence-electron chi connectivity index (χ4n) is 3.12. The lowest BCUT2D eigenvalue weighted by Gasteiger charge is -2.33. The SMILES string of the molecule is Cc1ccc(N(Cc2ccc(C(=O)NNC(=O)C(F)(F)F)cc2)C(=O)N2CCSCC2)cc1. The lowest BCUT2D eigenvalue weighted by atomic mass is 10.1. The van der Waals surface area contributed by atoms with E-state index in [1.807, 2.05) is 36.1 Å². The first kappa shape index (κ1) is 24.4. The van der Waals surface area contributed by atoms with E-state index in [-0.39, 0.29) is 18.1 Å². The van der Waals surface area contributed by atoms with Crippen molar-refractivity contribution in [2.24, 2.45) is 0 Å². The molecule has 2 aromatic carbocycles. The highest BCUT2D eigenvalue weighted by molar-refractivity contribution is 7.99. The molecule has 0 spiro atoms. The summed E-state index contributed by atoms with van der Waals surface area (Å²) in [5.74, 6) is -1.41. The molecule has 7 nitrogen and oxygen atoms in total. The minimum Gasteiger partial charge on any atom is -0.323 e. The number of nitrogens with one attached hydrogen (secondary N) is 2. The molecule has 2 N–H and O–H groups in total. The number of benzene rings is 2. The first-order valence-electron chi connectivity index (χ1n) is 10.1. The zero-order valence-corrected chi connectivity index (χ0v) is 18.6. The molecule has 0 atom stereocenters. The first-order chi connectivity index (χ1) is 15.6. The van der Waals surface area contributed by atoms with Gasteiger partial charge in [-0.3, -0.25) is 25.3 Å². The minimum absolute atomic E-state index is 0.0579. The molecule has 3 rings (SSSR count). The van der Waals surface area contributed by atoms with Crippen molar-refractivity contribution in [2.75, 3.05) is 29.5 Å². The summed E-state index contributed by atoms with van der Waals surface area (Å²) < 4.78 is 36.7. The minimum atomic E-state index is -5.10. The summed E-state index contributed by atoms with van der Waals surface area (Å²) in [5, 5.41) is 0. The molecular formula is C22H23F3N4O3S. The van der Waals surface area contributed by atoms with E-state index < -0.39 is 18.0 Å². The molecule has 1 heterocycles. The summed E-state index contributed by atoms with van der Waals surface area (Å²) in [6.07, 6.45) is -5.10. The van der Waals surface area contributed by atoms with Gasteiger partial charge in [-0.05, 0) is 36.8 Å². The third-order valence-corrected chi connectivity index (χ3v) is 5.90. The summed E-state index contributed by atoms with van der Waals surface area (Å²) in [6, 6.07) is 13.5. The largest absolute Gasteiger partial charge is 0.472 e. The Labute approximate surface area is 193 Å². The molecule has 33 heavy (non-hydrogen) atoms. The van der Waals surface area contributed by atoms with Gasteiger partial charge in [0.1, 0.15) is 0 Å². The predicted molar refractivity (Wildman–Crippen MR) is 120 cm³/mol. The van der Waals surface area contributed by atoms with Crippen LogP contribution in [-0.2, 0) is 11.3 Å². The molecule has 0 aromatic heterocycles. The van der Waals surface area contributed by atoms with Gasteiger partial charge in [0, 0.05) is 35.8 Å². The second-order valence-electron chi connectivity index (χ2n) is 7.41. The van der Waals surface area contributed by atoms with Crippen molar-refractivity contribution in [3.63, 3.8) is 0 Å². The molecular weight excluding hydrogens is 457 g/mol. The highest BCUT2D eigenvalue weighted by Crippen LogP contribution is 2.22. The molecule has 1 aliphatic rings. The number of carbonyl (C=O) groups is 3. The number of rotatable bonds is 4. The quantitative estimate of drug-likeness (QED) is 0.657. The molecule has 1 fully saturated rings. The standard InChI is InChI=1S/C22H23F3N4O3S/c1-15-2-8-18(9-3-15)29(21(32)28-10-12-33-13-11-28)14-16-4-6-17(7-5-16)19(30)26-27-20(31)22(23,24)25/h2-9H,10-14H2,1H3,(H,26,30)(H,27,31). The molecule has 1 aliphatic heterocycles. The molecule has 176 valence electrons. The summed E-state index contributed by atoms with van der Waals surface area (Å²) in [7, 11) is 0. The zero-order chi connectivity index (χ0) is 24.0. The molecule has 0 saturated carbocycles. The first-order valence-corrected chi connectivity index (χ1v) is 11.3. The van der Waals surface area contributed by atoms with E-state index in [0.717, 1.165) is 28.3 Å². The Balaban J connectivity index is 1.72. The summed E-state index contributed by atoms with van der Waals surface area (Å²) in [4.78, 5) is 39.6. The molecule has 0 aliphatic carbocycles. The number of halogens is 3. The number of alkyl halides is 3. The lowest BCUT2D eigenvalue weighted by Crippen LogP contribution is -2.47. The van der Waals surface area contributed by atoms with Gasteiger partial charge < -0.3 is 4.90 Å². The molecule has 0 bridgehead atoms. The topological polar surface area (TPSA) is 81.8 Å². The van der Waals surface area contributed by atoms with Gasteiger partial charge in [0.25, 0.3) is 5.91 Å². The molecule has 11 heteroatoms. The van der Waals surface area contributed by atoms with Crippen molar-refractivity contribution in [1.82, 2.24) is 15.8 Å². The van der Waals surface area contributed by atoms with Crippen LogP contribution in [0.15, 0.2) is 48.5 Å². The van der Waals surface area contributed by atoms with E-state index in [9.17, 15) is 27.6 Å². The van der Waals surface area contributed by atoms with Crippen molar-refractivity contribution in [3.05, 3.63) is 65.2 Å². The Morgan fingerprint density at radius 3 is 2.15 bits per heavy atom. The number of thioether (sulfide) groups is 1. The number of urea groups is 1. The van der Waals surface area contributed by atoms with Crippen LogP contribution < -0.4 is 15.8 Å². The van der Waals surface area contributed by atoms with Crippen LogP contribution in [0.2, 0.25) is 0 Å². The Hall–Kier alpha value is -3.21. The zero-order valence-electron chi connectivity index (χ0n) is 17.8. The number of carbonyl (C=O) groups excluding carboxylic acids is 3. The molecule has 4 amide bonds. The Morgan fingerprint density at radius 2 is 1.58 bits per heavy atom. The fraction of sp³-hybridized carbons (Fsp3) is 0.318. The second kappa shape index (κ2) is 10.6. The number of hydrogen-bond acceptors (Lipinski definition) is 4. The number of hydrazine groups is 1. The lowest BCUT2D eigenvalue weighted by molar-refractivity contribution is -0.174. The van der Waals surface area contributed by atoms with Crippen LogP contribution in [0.4, 0.5) is 23.7 Å². The maximum absolute atomic E-state index is 13.2. The Morgan fingerprint density at radius 1 is 0.970 bits per heavy atom. The van der Waals surface area contributed by atoms with E-state index in [2.05, 4.69) is 0 Å². The predicted octanol–water partition coefficient (Wildman–Crippen LogP) is 3.49. The van der Waals surface area contributed by atoms with E-state index in [4.69, 9.17) is 0 Å². The third-order valence-electron chi connectivity index (χ3n) is 4.96. The molecule has 1 saturated heterocycles. The van der Waals surface area contributed by atoms with Gasteiger partial charge >= 0.3 is 18.1 Å². The van der Waals surface area contributed by atoms with Gasteiger partial charge in [-0.15, -0.1) is 0 Å². The number of anilines is 1. The van der Waals surface area contributed by atoms with E-state index in [1.54, 1.807) is 34.2 Å². The maximum Gasteiger partial charge on any atom is 0.472 e. The molecule has 2 aromatic rings. The van der Waals surface area contributed by atoms with Crippen LogP contribution in [0.1, 0.15) is 21.5 Å². The van der Waals surface area contributed by atoms with Gasteiger partial charge in [0.05, 0.1) is 6.54 Å². The van der Waals surface area contributed by atoms with E-state index in [1.165, 1.54) is 17.6 Å². The van der Waals surface area contributed by atoms with Crippen LogP contribution in [0.25, 0.3) is 0 Å². The van der Waals surface area contributed by atoms with Crippen molar-refractivity contribution >= 4 is 35.3 Å². The average Bonchev–Trinajstić information content (AvgIpc) is 2.81. The Kier molecular flexibility index (Phi) is 7.85. The van der Waals surface area contributed by atoms with Gasteiger partial charge in [0.15, 0.2) is 0 Å². The van der Waals surface area contributed by atoms with Gasteiger partial charge in [-0.2, -0.15) is 24.9 Å². The van der Waals surface area contributed by atoms with Crippen molar-refractivity contribution in [3.8, 4) is 0 Å². The highest BCUT2D eigenvalue weighted by atomic mass is 32.2. The number of amides is 4.